The Hall–Kier alpha value is -4.90. The summed E-state index contributed by atoms with van der Waals surface area (Å²) in [5.74, 6) is 0. The Morgan fingerprint density at radius 1 is 0.413 bits per heavy atom. The molecular weight excluding hydrogens is 595 g/mol. The van der Waals surface area contributed by atoms with Crippen molar-refractivity contribution in [3.63, 3.8) is 0 Å². The second kappa shape index (κ2) is 10.3. The molecule has 0 radical (unpaired) electrons. The van der Waals surface area contributed by atoms with Gasteiger partial charge in [-0.05, 0) is 75.7 Å². The van der Waals surface area contributed by atoms with Gasteiger partial charge in [0.1, 0.15) is 11.2 Å². The molecule has 0 N–H and O–H groups in total. The van der Waals surface area contributed by atoms with E-state index in [0.29, 0.717) is 0 Å². The first-order chi connectivity index (χ1) is 22.8. The first kappa shape index (κ1) is 26.3. The molecule has 0 saturated heterocycles. The van der Waals surface area contributed by atoms with Crippen molar-refractivity contribution in [1.29, 1.82) is 0 Å². The van der Waals surface area contributed by atoms with E-state index in [-0.39, 0.29) is 6.71 Å². The monoisotopic (exact) mass is 620 g/mol. The van der Waals surface area contributed by atoms with Crippen LogP contribution in [0.3, 0.4) is 0 Å². The Balaban J connectivity index is 1.07. The first-order valence-electron chi connectivity index (χ1n) is 15.6. The number of para-hydroxylation sites is 2. The second-order valence-electron chi connectivity index (χ2n) is 12.0. The third-order valence-corrected chi connectivity index (χ3v) is 11.7. The topological polar surface area (TPSA) is 13.1 Å². The minimum absolute atomic E-state index is 0.277. The fraction of sp³-hybridized carbons (Fsp3) is 0. The van der Waals surface area contributed by atoms with Crippen molar-refractivity contribution in [3.05, 3.63) is 152 Å². The molecule has 3 heterocycles. The van der Waals surface area contributed by atoms with Gasteiger partial charge in [0.2, 0.25) is 6.71 Å². The summed E-state index contributed by atoms with van der Waals surface area (Å²) < 4.78 is 6.38. The van der Waals surface area contributed by atoms with Crippen LogP contribution in [0.5, 0.6) is 0 Å². The number of hydrogen-bond donors (Lipinski definition) is 0. The Morgan fingerprint density at radius 2 is 0.957 bits per heavy atom. The van der Waals surface area contributed by atoms with Gasteiger partial charge in [0.25, 0.3) is 0 Å². The van der Waals surface area contributed by atoms with E-state index in [1.54, 1.807) is 0 Å². The average molecular weight is 621 g/mol. The minimum Gasteiger partial charge on any atom is -0.455 e. The molecule has 8 aromatic rings. The molecule has 1 nitrogen and oxygen atoms in total. The minimum atomic E-state index is 0.277. The van der Waals surface area contributed by atoms with Crippen molar-refractivity contribution < 1.29 is 4.42 Å². The number of rotatable bonds is 3. The fourth-order valence-corrected chi connectivity index (χ4v) is 9.77. The molecule has 1 aromatic heterocycles. The smallest absolute Gasteiger partial charge is 0.247 e. The highest BCUT2D eigenvalue weighted by Crippen LogP contribution is 2.42. The molecule has 214 valence electrons. The maximum Gasteiger partial charge on any atom is 0.247 e. The lowest BCUT2D eigenvalue weighted by Crippen LogP contribution is -2.57. The molecule has 7 aromatic carbocycles. The summed E-state index contributed by atoms with van der Waals surface area (Å²) in [6, 6.07) is 55.3. The van der Waals surface area contributed by atoms with Crippen LogP contribution in [0.25, 0.3) is 55.3 Å². The van der Waals surface area contributed by atoms with Gasteiger partial charge in [-0.2, -0.15) is 0 Å². The van der Waals surface area contributed by atoms with E-state index >= 15 is 0 Å². The van der Waals surface area contributed by atoms with Crippen molar-refractivity contribution in [2.24, 2.45) is 0 Å². The summed E-state index contributed by atoms with van der Waals surface area (Å²) in [7, 11) is 0. The molecule has 0 bridgehead atoms. The van der Waals surface area contributed by atoms with Gasteiger partial charge < -0.3 is 4.42 Å². The standard InChI is InChI=1S/C42H25BOS2/c1-4-19-36-32(14-1)33-16-9-15-31(42(33)44-36)29-13-8-11-27(23-29)26-10-7-12-28(22-26)30-24-39-41-40(25-30)46-38-21-6-3-18-35(38)43(41)34-17-2-5-20-37(34)45-39/h1-25H. The van der Waals surface area contributed by atoms with Crippen LogP contribution in [0.2, 0.25) is 0 Å². The number of hydrogen-bond acceptors (Lipinski definition) is 3. The molecule has 46 heavy (non-hydrogen) atoms. The molecule has 0 saturated carbocycles. The summed E-state index contributed by atoms with van der Waals surface area (Å²) in [6.07, 6.45) is 0. The van der Waals surface area contributed by atoms with E-state index in [1.807, 2.05) is 35.7 Å². The predicted octanol–water partition coefficient (Wildman–Crippen LogP) is 10.0. The molecule has 4 heteroatoms. The van der Waals surface area contributed by atoms with Crippen molar-refractivity contribution >= 4 is 68.6 Å². The lowest BCUT2D eigenvalue weighted by Gasteiger charge is -2.33. The summed E-state index contributed by atoms with van der Waals surface area (Å²) in [5.41, 5.74) is 13.3. The quantitative estimate of drug-likeness (QED) is 0.183. The van der Waals surface area contributed by atoms with E-state index in [9.17, 15) is 0 Å². The Morgan fingerprint density at radius 3 is 1.67 bits per heavy atom. The van der Waals surface area contributed by atoms with Gasteiger partial charge in [0, 0.05) is 35.9 Å². The zero-order chi connectivity index (χ0) is 30.2. The summed E-state index contributed by atoms with van der Waals surface area (Å²) >= 11 is 3.83. The SMILES string of the molecule is c1cc(-c2cccc(-c3cccc4c3oc3ccccc34)c2)cc(-c2cc3c4c(c2)Sc2ccccc2B4c2ccccc2S3)c1. The number of fused-ring (bicyclic) bond motifs is 7. The van der Waals surface area contributed by atoms with E-state index in [1.165, 1.54) is 58.2 Å². The summed E-state index contributed by atoms with van der Waals surface area (Å²) in [6.45, 7) is 0.277. The van der Waals surface area contributed by atoms with Gasteiger partial charge in [0.05, 0.1) is 0 Å². The Kier molecular flexibility index (Phi) is 5.91. The maximum absolute atomic E-state index is 6.38. The summed E-state index contributed by atoms with van der Waals surface area (Å²) in [4.78, 5) is 5.44. The molecule has 0 fully saturated rings. The molecule has 2 aliphatic rings. The third-order valence-electron chi connectivity index (χ3n) is 9.40. The Labute approximate surface area is 276 Å². The lowest BCUT2D eigenvalue weighted by atomic mass is 9.36. The normalized spacial score (nSPS) is 13.0. The van der Waals surface area contributed by atoms with Crippen molar-refractivity contribution in [2.45, 2.75) is 19.6 Å². The highest BCUT2D eigenvalue weighted by atomic mass is 32.2. The van der Waals surface area contributed by atoms with Gasteiger partial charge in [-0.25, -0.2) is 0 Å². The van der Waals surface area contributed by atoms with Gasteiger partial charge in [-0.1, -0.05) is 144 Å². The van der Waals surface area contributed by atoms with Crippen LogP contribution in [0.4, 0.5) is 0 Å². The Bertz CT molecular complexity index is 2440. The predicted molar refractivity (Wildman–Crippen MR) is 196 cm³/mol. The molecule has 0 spiro atoms. The molecule has 2 aliphatic heterocycles. The maximum atomic E-state index is 6.38. The number of furan rings is 1. The van der Waals surface area contributed by atoms with Crippen LogP contribution < -0.4 is 16.4 Å². The van der Waals surface area contributed by atoms with Gasteiger partial charge in [-0.3, -0.25) is 0 Å². The molecule has 0 unspecified atom stereocenters. The van der Waals surface area contributed by atoms with Gasteiger partial charge >= 0.3 is 0 Å². The lowest BCUT2D eigenvalue weighted by molar-refractivity contribution is 0.670. The zero-order valence-corrected chi connectivity index (χ0v) is 26.4. The first-order valence-corrected chi connectivity index (χ1v) is 17.2. The highest BCUT2D eigenvalue weighted by molar-refractivity contribution is 8.01. The molecule has 0 atom stereocenters. The molecular formula is C42H25BOS2. The zero-order valence-electron chi connectivity index (χ0n) is 24.7. The van der Waals surface area contributed by atoms with Crippen LogP contribution in [0, 0.1) is 0 Å². The van der Waals surface area contributed by atoms with Crippen molar-refractivity contribution in [2.75, 3.05) is 0 Å². The van der Waals surface area contributed by atoms with Crippen molar-refractivity contribution in [3.8, 4) is 33.4 Å². The largest absolute Gasteiger partial charge is 0.455 e. The van der Waals surface area contributed by atoms with Gasteiger partial charge in [0.15, 0.2) is 0 Å². The number of benzene rings is 7. The fourth-order valence-electron chi connectivity index (χ4n) is 7.28. The second-order valence-corrected chi connectivity index (χ2v) is 14.2. The van der Waals surface area contributed by atoms with E-state index in [0.717, 1.165) is 33.1 Å². The summed E-state index contributed by atoms with van der Waals surface area (Å²) in [5, 5.41) is 2.31. The van der Waals surface area contributed by atoms with Crippen LogP contribution in [0.15, 0.2) is 176 Å². The van der Waals surface area contributed by atoms with Crippen LogP contribution in [-0.2, 0) is 0 Å². The van der Waals surface area contributed by atoms with E-state index in [4.69, 9.17) is 4.42 Å². The van der Waals surface area contributed by atoms with Gasteiger partial charge in [-0.15, -0.1) is 0 Å². The van der Waals surface area contributed by atoms with Crippen LogP contribution in [-0.4, -0.2) is 6.71 Å². The average Bonchev–Trinajstić information content (AvgIpc) is 3.50. The van der Waals surface area contributed by atoms with Crippen LogP contribution in [0.1, 0.15) is 0 Å². The highest BCUT2D eigenvalue weighted by Gasteiger charge is 2.38. The molecule has 10 rings (SSSR count). The van der Waals surface area contributed by atoms with Crippen LogP contribution >= 0.6 is 23.5 Å². The van der Waals surface area contributed by atoms with E-state index in [2.05, 4.69) is 140 Å². The molecule has 0 aliphatic carbocycles. The third kappa shape index (κ3) is 4.07. The van der Waals surface area contributed by atoms with Crippen molar-refractivity contribution in [1.82, 2.24) is 0 Å². The molecule has 0 amide bonds. The van der Waals surface area contributed by atoms with E-state index < -0.39 is 0 Å².